The molecule has 0 saturated heterocycles. The Balaban J connectivity index is 0. The molecule has 0 aromatic carbocycles. The number of halogens is 5. The van der Waals surface area contributed by atoms with E-state index in [1.54, 1.807) is 0 Å². The zero-order chi connectivity index (χ0) is 9.49. The maximum absolute atomic E-state index is 10.5. The molecule has 0 aliphatic heterocycles. The van der Waals surface area contributed by atoms with Gasteiger partial charge in [-0.3, -0.25) is 0 Å². The Bertz CT molecular complexity index is 110. The second kappa shape index (κ2) is 5.87. The zero-order valence-electron chi connectivity index (χ0n) is 5.16. The number of rotatable bonds is 1. The van der Waals surface area contributed by atoms with Gasteiger partial charge in [0.05, 0.1) is 0 Å². The predicted molar refractivity (Wildman–Crippen MR) is 25.6 cm³/mol. The van der Waals surface area contributed by atoms with Gasteiger partial charge in [-0.05, 0) is 0 Å². The van der Waals surface area contributed by atoms with Crippen LogP contribution in [0.5, 0.6) is 0 Å². The van der Waals surface area contributed by atoms with Crippen molar-refractivity contribution in [2.45, 2.75) is 6.18 Å². The van der Waals surface area contributed by atoms with E-state index in [4.69, 9.17) is 9.90 Å². The van der Waals surface area contributed by atoms with Gasteiger partial charge in [-0.15, -0.1) is 0 Å². The van der Waals surface area contributed by atoms with Gasteiger partial charge in [0.25, 0.3) is 0 Å². The molecule has 0 radical (unpaired) electrons. The van der Waals surface area contributed by atoms with Crippen molar-refractivity contribution in [3.63, 3.8) is 0 Å². The van der Waals surface area contributed by atoms with E-state index in [9.17, 15) is 22.0 Å². The standard InChI is InChI=1S/C2H2F4.C2H3FO2/c3-1-2(4,5)6;3-1-2(4)5/h1H2;1H2,(H,4,5). The summed E-state index contributed by atoms with van der Waals surface area (Å²) < 4.78 is 52.1. The minimum Gasteiger partial charge on any atom is -0.479 e. The first kappa shape index (κ1) is 12.8. The van der Waals surface area contributed by atoms with E-state index in [1.165, 1.54) is 0 Å². The van der Waals surface area contributed by atoms with Crippen LogP contribution in [0.25, 0.3) is 0 Å². The van der Waals surface area contributed by atoms with Crippen molar-refractivity contribution >= 4 is 5.97 Å². The van der Waals surface area contributed by atoms with Gasteiger partial charge >= 0.3 is 12.1 Å². The average molecular weight is 180 g/mol. The molecule has 0 aromatic rings. The lowest BCUT2D eigenvalue weighted by molar-refractivity contribution is -0.142. The number of aliphatic carboxylic acids is 1. The third kappa shape index (κ3) is 27.2. The van der Waals surface area contributed by atoms with Crippen molar-refractivity contribution in [2.75, 3.05) is 13.3 Å². The van der Waals surface area contributed by atoms with E-state index < -0.39 is 25.5 Å². The van der Waals surface area contributed by atoms with Crippen LogP contribution in [0, 0.1) is 0 Å². The molecule has 0 heterocycles. The summed E-state index contributed by atoms with van der Waals surface area (Å²) in [4.78, 5) is 8.99. The van der Waals surface area contributed by atoms with Crippen LogP contribution >= 0.6 is 0 Å². The number of hydrogen-bond donors (Lipinski definition) is 1. The number of carboxylic acids is 1. The Morgan fingerprint density at radius 2 is 1.45 bits per heavy atom. The monoisotopic (exact) mass is 180 g/mol. The minimum atomic E-state index is -4.62. The van der Waals surface area contributed by atoms with Gasteiger partial charge in [0, 0.05) is 0 Å². The Labute approximate surface area is 58.6 Å². The van der Waals surface area contributed by atoms with Crippen LogP contribution in [0.15, 0.2) is 0 Å². The molecule has 0 spiro atoms. The molecule has 1 N–H and O–H groups in total. The number of carboxylic acid groups (broad SMARTS) is 1. The van der Waals surface area contributed by atoms with E-state index in [2.05, 4.69) is 0 Å². The van der Waals surface area contributed by atoms with Crippen LogP contribution < -0.4 is 0 Å². The molecule has 0 aromatic heterocycles. The van der Waals surface area contributed by atoms with Gasteiger partial charge in [-0.2, -0.15) is 13.2 Å². The Kier molecular flexibility index (Phi) is 6.81. The third-order valence-corrected chi connectivity index (χ3v) is 0.266. The normalized spacial score (nSPS) is 9.91. The van der Waals surface area contributed by atoms with Crippen LogP contribution in [0.4, 0.5) is 22.0 Å². The first-order valence-corrected chi connectivity index (χ1v) is 2.24. The Morgan fingerprint density at radius 1 is 1.27 bits per heavy atom. The second-order valence-electron chi connectivity index (χ2n) is 1.28. The summed E-state index contributed by atoms with van der Waals surface area (Å²) in [6, 6.07) is 0. The van der Waals surface area contributed by atoms with E-state index in [0.29, 0.717) is 0 Å². The molecule has 7 heteroatoms. The largest absolute Gasteiger partial charge is 0.479 e. The average Bonchev–Trinajstić information content (AvgIpc) is 1.88. The molecule has 0 atom stereocenters. The fraction of sp³-hybridized carbons (Fsp3) is 0.750. The topological polar surface area (TPSA) is 37.3 Å². The quantitative estimate of drug-likeness (QED) is 0.621. The van der Waals surface area contributed by atoms with Gasteiger partial charge in [0.1, 0.15) is 0 Å². The van der Waals surface area contributed by atoms with E-state index in [-0.39, 0.29) is 0 Å². The highest BCUT2D eigenvalue weighted by molar-refractivity contribution is 5.67. The molecular weight excluding hydrogens is 175 g/mol. The summed E-state index contributed by atoms with van der Waals surface area (Å²) in [5, 5.41) is 7.35. The predicted octanol–water partition coefficient (Wildman–Crippen LogP) is 1.56. The van der Waals surface area contributed by atoms with Crippen LogP contribution in [-0.4, -0.2) is 30.6 Å². The summed E-state index contributed by atoms with van der Waals surface area (Å²) in [6.07, 6.45) is -4.62. The smallest absolute Gasteiger partial charge is 0.416 e. The first-order chi connectivity index (χ1) is 4.83. The van der Waals surface area contributed by atoms with E-state index in [1.807, 2.05) is 0 Å². The lowest BCUT2D eigenvalue weighted by Crippen LogP contribution is -2.08. The maximum atomic E-state index is 10.5. The molecule has 0 bridgehead atoms. The van der Waals surface area contributed by atoms with E-state index >= 15 is 0 Å². The van der Waals surface area contributed by atoms with Crippen molar-refractivity contribution in [3.05, 3.63) is 0 Å². The first-order valence-electron chi connectivity index (χ1n) is 2.24. The Hall–Kier alpha value is -0.880. The fourth-order valence-electron chi connectivity index (χ4n) is 0. The van der Waals surface area contributed by atoms with Gasteiger partial charge in [-0.25, -0.2) is 13.6 Å². The zero-order valence-corrected chi connectivity index (χ0v) is 5.16. The molecule has 2 nitrogen and oxygen atoms in total. The molecule has 0 aliphatic rings. The molecule has 0 amide bonds. The van der Waals surface area contributed by atoms with Crippen LogP contribution in [0.2, 0.25) is 0 Å². The molecule has 68 valence electrons. The number of alkyl halides is 5. The highest BCUT2D eigenvalue weighted by Gasteiger charge is 2.26. The van der Waals surface area contributed by atoms with Crippen molar-refractivity contribution in [1.29, 1.82) is 0 Å². The second-order valence-corrected chi connectivity index (χ2v) is 1.28. The molecule has 0 saturated carbocycles. The molecule has 11 heavy (non-hydrogen) atoms. The highest BCUT2D eigenvalue weighted by atomic mass is 19.4. The Morgan fingerprint density at radius 3 is 1.45 bits per heavy atom. The lowest BCUT2D eigenvalue weighted by Gasteiger charge is -1.93. The fourth-order valence-corrected chi connectivity index (χ4v) is 0. The number of carbonyl (C=O) groups is 1. The molecule has 0 fully saturated rings. The molecule has 0 unspecified atom stereocenters. The van der Waals surface area contributed by atoms with Crippen molar-refractivity contribution in [3.8, 4) is 0 Å². The summed E-state index contributed by atoms with van der Waals surface area (Å²) in [5.41, 5.74) is 0. The van der Waals surface area contributed by atoms with Crippen molar-refractivity contribution in [1.82, 2.24) is 0 Å². The highest BCUT2D eigenvalue weighted by Crippen LogP contribution is 2.13. The summed E-state index contributed by atoms with van der Waals surface area (Å²) >= 11 is 0. The molecule has 0 aliphatic carbocycles. The van der Waals surface area contributed by atoms with Gasteiger partial charge in [0.15, 0.2) is 13.3 Å². The molecule has 0 rings (SSSR count). The van der Waals surface area contributed by atoms with Gasteiger partial charge < -0.3 is 5.11 Å². The summed E-state index contributed by atoms with van der Waals surface area (Å²) in [7, 11) is 0. The number of hydrogen-bond acceptors (Lipinski definition) is 1. The minimum absolute atomic E-state index is 1.28. The van der Waals surface area contributed by atoms with Crippen molar-refractivity contribution < 1.29 is 31.9 Å². The maximum Gasteiger partial charge on any atom is 0.416 e. The van der Waals surface area contributed by atoms with Crippen LogP contribution in [-0.2, 0) is 4.79 Å². The SMILES string of the molecule is FCC(F)(F)F.O=C(O)CF. The lowest BCUT2D eigenvalue weighted by atomic mass is 10.8. The molecular formula is C4H5F5O2. The van der Waals surface area contributed by atoms with Crippen LogP contribution in [0.3, 0.4) is 0 Å². The van der Waals surface area contributed by atoms with Crippen LogP contribution in [0.1, 0.15) is 0 Å². The van der Waals surface area contributed by atoms with Gasteiger partial charge in [-0.1, -0.05) is 0 Å². The third-order valence-electron chi connectivity index (χ3n) is 0.266. The van der Waals surface area contributed by atoms with Crippen molar-refractivity contribution in [2.24, 2.45) is 0 Å². The van der Waals surface area contributed by atoms with E-state index in [0.717, 1.165) is 0 Å². The summed E-state index contributed by atoms with van der Waals surface area (Å²) in [5.74, 6) is -1.41. The van der Waals surface area contributed by atoms with Gasteiger partial charge in [0.2, 0.25) is 0 Å². The summed E-state index contributed by atoms with van der Waals surface area (Å²) in [6.45, 7) is -3.51.